The number of nitrogen functional groups attached to an aromatic ring is 1. The number of rotatable bonds is 3. The molecule has 2 N–H and O–H groups in total. The SMILES string of the molecule is CS(=O)(=O)C1CCCC(OC(=O)c2cc(N)cc(Cl)c2)C1. The lowest BCUT2D eigenvalue weighted by Gasteiger charge is -2.27. The van der Waals surface area contributed by atoms with Gasteiger partial charge in [-0.15, -0.1) is 0 Å². The number of hydrogen-bond acceptors (Lipinski definition) is 5. The molecule has 0 spiro atoms. The minimum absolute atomic E-state index is 0.279. The fourth-order valence-corrected chi connectivity index (χ4v) is 3.95. The first-order valence-electron chi connectivity index (χ1n) is 6.71. The largest absolute Gasteiger partial charge is 0.459 e. The maximum Gasteiger partial charge on any atom is 0.338 e. The number of nitrogens with two attached hydrogens (primary N) is 1. The minimum atomic E-state index is -3.11. The monoisotopic (exact) mass is 331 g/mol. The van der Waals surface area contributed by atoms with Gasteiger partial charge in [-0.25, -0.2) is 13.2 Å². The molecule has 1 fully saturated rings. The van der Waals surface area contributed by atoms with Gasteiger partial charge in [0.1, 0.15) is 15.9 Å². The number of esters is 1. The number of carbonyl (C=O) groups excluding carboxylic acids is 1. The van der Waals surface area contributed by atoms with E-state index in [2.05, 4.69) is 0 Å². The zero-order valence-electron chi connectivity index (χ0n) is 11.7. The molecule has 1 saturated carbocycles. The van der Waals surface area contributed by atoms with Gasteiger partial charge >= 0.3 is 5.97 Å². The van der Waals surface area contributed by atoms with Crippen molar-refractivity contribution in [3.8, 4) is 0 Å². The number of anilines is 1. The van der Waals surface area contributed by atoms with Gasteiger partial charge in [-0.1, -0.05) is 11.6 Å². The lowest BCUT2D eigenvalue weighted by Crippen LogP contribution is -2.32. The molecule has 0 aromatic heterocycles. The summed E-state index contributed by atoms with van der Waals surface area (Å²) in [4.78, 5) is 12.1. The van der Waals surface area contributed by atoms with Crippen molar-refractivity contribution in [2.45, 2.75) is 37.0 Å². The van der Waals surface area contributed by atoms with Gasteiger partial charge in [0.15, 0.2) is 0 Å². The second-order valence-corrected chi connectivity index (χ2v) is 8.18. The summed E-state index contributed by atoms with van der Waals surface area (Å²) in [6, 6.07) is 4.51. The van der Waals surface area contributed by atoms with Crippen LogP contribution in [0.4, 0.5) is 5.69 Å². The van der Waals surface area contributed by atoms with Gasteiger partial charge in [-0.05, 0) is 37.5 Å². The Labute approximate surface area is 129 Å². The van der Waals surface area contributed by atoms with Gasteiger partial charge in [-0.3, -0.25) is 0 Å². The topological polar surface area (TPSA) is 86.5 Å². The molecule has 2 unspecified atom stereocenters. The van der Waals surface area contributed by atoms with Crippen molar-refractivity contribution in [2.24, 2.45) is 0 Å². The van der Waals surface area contributed by atoms with Gasteiger partial charge < -0.3 is 10.5 Å². The van der Waals surface area contributed by atoms with Crippen LogP contribution in [0.25, 0.3) is 0 Å². The minimum Gasteiger partial charge on any atom is -0.459 e. The van der Waals surface area contributed by atoms with E-state index in [1.165, 1.54) is 18.4 Å². The van der Waals surface area contributed by atoms with Crippen LogP contribution < -0.4 is 5.73 Å². The molecule has 1 aliphatic carbocycles. The molecule has 0 saturated heterocycles. The molecule has 1 aromatic rings. The third kappa shape index (κ3) is 4.35. The standard InChI is InChI=1S/C14H18ClNO4S/c1-21(18,19)13-4-2-3-12(8-13)20-14(17)9-5-10(15)7-11(16)6-9/h5-7,12-13H,2-4,8,16H2,1H3. The van der Waals surface area contributed by atoms with Crippen LogP contribution in [0.1, 0.15) is 36.0 Å². The summed E-state index contributed by atoms with van der Waals surface area (Å²) in [5.41, 5.74) is 6.30. The summed E-state index contributed by atoms with van der Waals surface area (Å²) in [5, 5.41) is -0.0758. The first kappa shape index (κ1) is 16.1. The molecule has 116 valence electrons. The zero-order chi connectivity index (χ0) is 15.6. The molecule has 0 heterocycles. The van der Waals surface area contributed by atoms with E-state index in [4.69, 9.17) is 22.1 Å². The summed E-state index contributed by atoms with van der Waals surface area (Å²) in [6.45, 7) is 0. The Hall–Kier alpha value is -1.27. The molecule has 0 aliphatic heterocycles. The van der Waals surface area contributed by atoms with Crippen molar-refractivity contribution in [3.63, 3.8) is 0 Å². The van der Waals surface area contributed by atoms with Crippen molar-refractivity contribution in [2.75, 3.05) is 12.0 Å². The Balaban J connectivity index is 2.05. The summed E-state index contributed by atoms with van der Waals surface area (Å²) in [5.74, 6) is -0.525. The summed E-state index contributed by atoms with van der Waals surface area (Å²) in [6.07, 6.45) is 3.21. The molecule has 5 nitrogen and oxygen atoms in total. The van der Waals surface area contributed by atoms with Gasteiger partial charge in [0.25, 0.3) is 0 Å². The number of sulfone groups is 1. The lowest BCUT2D eigenvalue weighted by atomic mass is 9.97. The van der Waals surface area contributed by atoms with Gasteiger partial charge in [0, 0.05) is 23.4 Å². The van der Waals surface area contributed by atoms with Crippen molar-refractivity contribution < 1.29 is 17.9 Å². The Kier molecular flexibility index (Phi) is 4.78. The Morgan fingerprint density at radius 3 is 2.67 bits per heavy atom. The van der Waals surface area contributed by atoms with E-state index in [0.29, 0.717) is 30.0 Å². The fourth-order valence-electron chi connectivity index (χ4n) is 2.55. The lowest BCUT2D eigenvalue weighted by molar-refractivity contribution is 0.0215. The van der Waals surface area contributed by atoms with Crippen LogP contribution in [0.3, 0.4) is 0 Å². The fraction of sp³-hybridized carbons (Fsp3) is 0.500. The Morgan fingerprint density at radius 1 is 1.33 bits per heavy atom. The highest BCUT2D eigenvalue weighted by Crippen LogP contribution is 2.27. The molecule has 21 heavy (non-hydrogen) atoms. The van der Waals surface area contributed by atoms with E-state index in [1.807, 2.05) is 0 Å². The quantitative estimate of drug-likeness (QED) is 0.679. The van der Waals surface area contributed by atoms with Crippen LogP contribution in [0, 0.1) is 0 Å². The van der Waals surface area contributed by atoms with Crippen LogP contribution >= 0.6 is 11.6 Å². The molecular weight excluding hydrogens is 314 g/mol. The number of ether oxygens (including phenoxy) is 1. The Morgan fingerprint density at radius 2 is 2.05 bits per heavy atom. The highest BCUT2D eigenvalue weighted by molar-refractivity contribution is 7.91. The third-order valence-corrected chi connectivity index (χ3v) is 5.47. The number of benzene rings is 1. The van der Waals surface area contributed by atoms with Gasteiger partial charge in [0.05, 0.1) is 10.8 Å². The molecule has 2 rings (SSSR count). The predicted octanol–water partition coefficient (Wildman–Crippen LogP) is 2.43. The Bertz CT molecular complexity index is 624. The molecule has 7 heteroatoms. The molecule has 1 aromatic carbocycles. The van der Waals surface area contributed by atoms with E-state index in [9.17, 15) is 13.2 Å². The molecule has 2 atom stereocenters. The number of hydrogen-bond donors (Lipinski definition) is 1. The summed E-state index contributed by atoms with van der Waals surface area (Å²) < 4.78 is 28.6. The van der Waals surface area contributed by atoms with Crippen LogP contribution in [-0.2, 0) is 14.6 Å². The number of halogens is 1. The van der Waals surface area contributed by atoms with Crippen molar-refractivity contribution in [1.82, 2.24) is 0 Å². The number of carbonyl (C=O) groups is 1. The van der Waals surface area contributed by atoms with Crippen LogP contribution in [0.2, 0.25) is 5.02 Å². The maximum atomic E-state index is 12.1. The van der Waals surface area contributed by atoms with E-state index in [1.54, 1.807) is 6.07 Å². The van der Waals surface area contributed by atoms with Crippen LogP contribution in [-0.4, -0.2) is 32.0 Å². The predicted molar refractivity (Wildman–Crippen MR) is 82.2 cm³/mol. The summed E-state index contributed by atoms with van der Waals surface area (Å²) >= 11 is 5.85. The molecule has 1 aliphatic rings. The van der Waals surface area contributed by atoms with Crippen molar-refractivity contribution in [3.05, 3.63) is 28.8 Å². The second kappa shape index (κ2) is 6.23. The highest BCUT2D eigenvalue weighted by Gasteiger charge is 2.31. The average Bonchev–Trinajstić information content (AvgIpc) is 2.37. The van der Waals surface area contributed by atoms with E-state index >= 15 is 0 Å². The molecule has 0 bridgehead atoms. The normalized spacial score (nSPS) is 22.8. The van der Waals surface area contributed by atoms with Crippen LogP contribution in [0.5, 0.6) is 0 Å². The second-order valence-electron chi connectivity index (χ2n) is 5.42. The molecule has 0 amide bonds. The smallest absolute Gasteiger partial charge is 0.338 e. The molecular formula is C14H18ClNO4S. The zero-order valence-corrected chi connectivity index (χ0v) is 13.3. The maximum absolute atomic E-state index is 12.1. The third-order valence-electron chi connectivity index (χ3n) is 3.61. The highest BCUT2D eigenvalue weighted by atomic mass is 35.5. The van der Waals surface area contributed by atoms with E-state index < -0.39 is 21.1 Å². The molecule has 0 radical (unpaired) electrons. The van der Waals surface area contributed by atoms with Crippen molar-refractivity contribution in [1.29, 1.82) is 0 Å². The van der Waals surface area contributed by atoms with E-state index in [-0.39, 0.29) is 11.7 Å². The van der Waals surface area contributed by atoms with Crippen molar-refractivity contribution >= 4 is 33.1 Å². The first-order valence-corrected chi connectivity index (χ1v) is 9.05. The first-order chi connectivity index (χ1) is 9.75. The van der Waals surface area contributed by atoms with Gasteiger partial charge in [-0.2, -0.15) is 0 Å². The van der Waals surface area contributed by atoms with Gasteiger partial charge in [0.2, 0.25) is 0 Å². The summed E-state index contributed by atoms with van der Waals surface area (Å²) in [7, 11) is -3.11. The average molecular weight is 332 g/mol. The van der Waals surface area contributed by atoms with Crippen LogP contribution in [0.15, 0.2) is 18.2 Å². The van der Waals surface area contributed by atoms with E-state index in [0.717, 1.165) is 6.42 Å².